The molecule has 9 heteroatoms. The van der Waals surface area contributed by atoms with E-state index in [-0.39, 0.29) is 17.2 Å². The van der Waals surface area contributed by atoms with Crippen LogP contribution in [0.5, 0.6) is 0 Å². The Morgan fingerprint density at radius 2 is 1.61 bits per heavy atom. The average molecular weight is 499 g/mol. The van der Waals surface area contributed by atoms with Crippen molar-refractivity contribution in [3.05, 3.63) is 82.6 Å². The number of amides is 1. The molecule has 1 amide bonds. The minimum Gasteiger partial charge on any atom is -0.339 e. The Labute approximate surface area is 212 Å². The molecule has 3 aromatic carbocycles. The normalized spacial score (nSPS) is 14.8. The number of aryl methyl sites for hydroxylation is 1. The van der Waals surface area contributed by atoms with Gasteiger partial charge in [0.05, 0.1) is 16.7 Å². The third-order valence-electron chi connectivity index (χ3n) is 6.92. The van der Waals surface area contributed by atoms with Crippen molar-refractivity contribution in [3.8, 4) is 0 Å². The van der Waals surface area contributed by atoms with Gasteiger partial charge in [0.25, 0.3) is 5.56 Å². The van der Waals surface area contributed by atoms with E-state index in [1.807, 2.05) is 27.5 Å². The second-order valence-corrected chi connectivity index (χ2v) is 10.0. The Bertz CT molecular complexity index is 1650. The maximum absolute atomic E-state index is 13.0. The first kappa shape index (κ1) is 22.8. The van der Waals surface area contributed by atoms with Crippen molar-refractivity contribution in [2.45, 2.75) is 11.7 Å². The van der Waals surface area contributed by atoms with E-state index in [4.69, 9.17) is 0 Å². The molecular formula is C27H26N6O2S. The summed E-state index contributed by atoms with van der Waals surface area (Å²) in [6, 6.07) is 22.3. The van der Waals surface area contributed by atoms with Crippen LogP contribution in [0.15, 0.2) is 76.7 Å². The number of carbonyl (C=O) groups is 1. The first-order chi connectivity index (χ1) is 17.6. The number of fused-ring (bicyclic) bond motifs is 4. The molecule has 3 heterocycles. The predicted molar refractivity (Wildman–Crippen MR) is 142 cm³/mol. The standard InChI is InChI=1S/C27H26N6O2S/c1-30-25(35)22-11-4-5-12-23(22)33-26(30)28-29-27(33)36-18-24(34)32-15-13-31(14-16-32)17-20-9-6-8-19-7-2-3-10-21(19)20/h2-12H,13-18H2,1H3. The minimum absolute atomic E-state index is 0.0932. The zero-order valence-corrected chi connectivity index (χ0v) is 20.8. The third kappa shape index (κ3) is 4.04. The molecule has 36 heavy (non-hydrogen) atoms. The SMILES string of the molecule is Cn1c(=O)c2ccccc2n2c(SCC(=O)N3CCN(Cc4cccc5ccccc45)CC3)nnc12. The highest BCUT2D eigenvalue weighted by Gasteiger charge is 2.23. The molecule has 0 unspecified atom stereocenters. The molecular weight excluding hydrogens is 472 g/mol. The maximum Gasteiger partial charge on any atom is 0.262 e. The summed E-state index contributed by atoms with van der Waals surface area (Å²) >= 11 is 1.36. The van der Waals surface area contributed by atoms with Crippen molar-refractivity contribution in [3.63, 3.8) is 0 Å². The van der Waals surface area contributed by atoms with E-state index < -0.39 is 0 Å². The van der Waals surface area contributed by atoms with Crippen molar-refractivity contribution in [2.24, 2.45) is 7.05 Å². The number of piperazine rings is 1. The first-order valence-electron chi connectivity index (χ1n) is 12.0. The molecule has 0 radical (unpaired) electrons. The fourth-order valence-electron chi connectivity index (χ4n) is 4.95. The van der Waals surface area contributed by atoms with Gasteiger partial charge in [-0.3, -0.25) is 23.5 Å². The second kappa shape index (κ2) is 9.40. The van der Waals surface area contributed by atoms with Crippen molar-refractivity contribution >= 4 is 45.1 Å². The number of thioether (sulfide) groups is 1. The van der Waals surface area contributed by atoms with Crippen molar-refractivity contribution in [2.75, 3.05) is 31.9 Å². The van der Waals surface area contributed by atoms with Crippen LogP contribution in [-0.4, -0.2) is 66.8 Å². The quantitative estimate of drug-likeness (QED) is 0.347. The molecule has 1 aliphatic rings. The third-order valence-corrected chi connectivity index (χ3v) is 7.83. The van der Waals surface area contributed by atoms with Gasteiger partial charge in [-0.25, -0.2) is 0 Å². The summed E-state index contributed by atoms with van der Waals surface area (Å²) in [5.74, 6) is 0.841. The largest absolute Gasteiger partial charge is 0.339 e. The smallest absolute Gasteiger partial charge is 0.262 e. The molecule has 1 saturated heterocycles. The topological polar surface area (TPSA) is 75.7 Å². The summed E-state index contributed by atoms with van der Waals surface area (Å²) in [5.41, 5.74) is 1.96. The Hall–Kier alpha value is -3.69. The zero-order valence-electron chi connectivity index (χ0n) is 20.0. The summed E-state index contributed by atoms with van der Waals surface area (Å²) in [4.78, 5) is 30.0. The number of rotatable bonds is 5. The van der Waals surface area contributed by atoms with Gasteiger partial charge in [0.2, 0.25) is 11.7 Å². The molecule has 1 fully saturated rings. The molecule has 182 valence electrons. The Balaban J connectivity index is 1.12. The lowest BCUT2D eigenvalue weighted by atomic mass is 10.0. The Morgan fingerprint density at radius 1 is 0.889 bits per heavy atom. The molecule has 0 aliphatic carbocycles. The van der Waals surface area contributed by atoms with Gasteiger partial charge in [0.1, 0.15) is 0 Å². The molecule has 6 rings (SSSR count). The van der Waals surface area contributed by atoms with Gasteiger partial charge in [0, 0.05) is 39.8 Å². The molecule has 0 saturated carbocycles. The van der Waals surface area contributed by atoms with Crippen LogP contribution in [0, 0.1) is 0 Å². The lowest BCUT2D eigenvalue weighted by Crippen LogP contribution is -2.48. The molecule has 0 bridgehead atoms. The molecule has 0 spiro atoms. The van der Waals surface area contributed by atoms with Crippen molar-refractivity contribution < 1.29 is 4.79 Å². The lowest BCUT2D eigenvalue weighted by Gasteiger charge is -2.35. The number of benzene rings is 3. The Morgan fingerprint density at radius 3 is 2.44 bits per heavy atom. The van der Waals surface area contributed by atoms with Gasteiger partial charge < -0.3 is 4.90 Å². The molecule has 2 aromatic heterocycles. The van der Waals surface area contributed by atoms with E-state index in [9.17, 15) is 9.59 Å². The van der Waals surface area contributed by atoms with Crippen LogP contribution < -0.4 is 5.56 Å². The monoisotopic (exact) mass is 498 g/mol. The summed E-state index contributed by atoms with van der Waals surface area (Å²) in [6.45, 7) is 4.00. The van der Waals surface area contributed by atoms with Crippen molar-refractivity contribution in [1.82, 2.24) is 29.0 Å². The fraction of sp³-hybridized carbons (Fsp3) is 0.259. The van der Waals surface area contributed by atoms with Crippen LogP contribution in [0.1, 0.15) is 5.56 Å². The minimum atomic E-state index is -0.112. The zero-order chi connectivity index (χ0) is 24.6. The Kier molecular flexibility index (Phi) is 5.94. The average Bonchev–Trinajstić information content (AvgIpc) is 3.35. The molecule has 1 aliphatic heterocycles. The van der Waals surface area contributed by atoms with Gasteiger partial charge in [-0.15, -0.1) is 10.2 Å². The molecule has 5 aromatic rings. The maximum atomic E-state index is 13.0. The predicted octanol–water partition coefficient (Wildman–Crippen LogP) is 3.17. The van der Waals surface area contributed by atoms with Crippen molar-refractivity contribution in [1.29, 1.82) is 0 Å². The van der Waals surface area contributed by atoms with E-state index in [1.165, 1.54) is 32.7 Å². The highest BCUT2D eigenvalue weighted by molar-refractivity contribution is 7.99. The number of hydrogen-bond acceptors (Lipinski definition) is 6. The van der Waals surface area contributed by atoms with E-state index in [2.05, 4.69) is 57.6 Å². The lowest BCUT2D eigenvalue weighted by molar-refractivity contribution is -0.130. The van der Waals surface area contributed by atoms with Gasteiger partial charge in [-0.2, -0.15) is 0 Å². The summed E-state index contributed by atoms with van der Waals surface area (Å²) in [7, 11) is 1.69. The molecule has 0 atom stereocenters. The number of nitrogens with zero attached hydrogens (tertiary/aromatic N) is 6. The van der Waals surface area contributed by atoms with E-state index in [1.54, 1.807) is 13.1 Å². The summed E-state index contributed by atoms with van der Waals surface area (Å²) < 4.78 is 3.35. The number of carbonyl (C=O) groups excluding carboxylic acids is 1. The summed E-state index contributed by atoms with van der Waals surface area (Å²) in [6.07, 6.45) is 0. The van der Waals surface area contributed by atoms with Crippen LogP contribution in [0.4, 0.5) is 0 Å². The van der Waals surface area contributed by atoms with E-state index in [0.717, 1.165) is 25.2 Å². The molecule has 8 nitrogen and oxygen atoms in total. The number of para-hydroxylation sites is 1. The van der Waals surface area contributed by atoms with Crippen LogP contribution in [0.25, 0.3) is 27.5 Å². The van der Waals surface area contributed by atoms with Crippen LogP contribution in [0.3, 0.4) is 0 Å². The highest BCUT2D eigenvalue weighted by Crippen LogP contribution is 2.23. The fourth-order valence-corrected chi connectivity index (χ4v) is 5.79. The highest BCUT2D eigenvalue weighted by atomic mass is 32.2. The summed E-state index contributed by atoms with van der Waals surface area (Å²) in [5, 5.41) is 12.3. The van der Waals surface area contributed by atoms with E-state index >= 15 is 0 Å². The van der Waals surface area contributed by atoms with E-state index in [0.29, 0.717) is 29.4 Å². The van der Waals surface area contributed by atoms with Gasteiger partial charge >= 0.3 is 0 Å². The van der Waals surface area contributed by atoms with Gasteiger partial charge in [-0.1, -0.05) is 66.4 Å². The van der Waals surface area contributed by atoms with Crippen LogP contribution >= 0.6 is 11.8 Å². The van der Waals surface area contributed by atoms with Crippen LogP contribution in [0.2, 0.25) is 0 Å². The van der Waals surface area contributed by atoms with Gasteiger partial charge in [0.15, 0.2) is 5.16 Å². The first-order valence-corrected chi connectivity index (χ1v) is 13.0. The number of aromatic nitrogens is 4. The number of hydrogen-bond donors (Lipinski definition) is 0. The van der Waals surface area contributed by atoms with Gasteiger partial charge in [-0.05, 0) is 28.5 Å². The van der Waals surface area contributed by atoms with Crippen LogP contribution in [-0.2, 0) is 18.4 Å². The second-order valence-electron chi connectivity index (χ2n) is 9.08. The molecule has 0 N–H and O–H groups in total.